The quantitative estimate of drug-likeness (QED) is 0.136. The van der Waals surface area contributed by atoms with Crippen LogP contribution in [-0.4, -0.2) is 48.6 Å². The Bertz CT molecular complexity index is 9070. The van der Waals surface area contributed by atoms with Gasteiger partial charge in [0.15, 0.2) is 46.1 Å². The summed E-state index contributed by atoms with van der Waals surface area (Å²) in [5.74, 6) is 4.43. The summed E-state index contributed by atoms with van der Waals surface area (Å²) in [4.78, 5) is 35.6. The molecule has 0 amide bonds. The maximum Gasteiger partial charge on any atom is 0.197 e. The van der Waals surface area contributed by atoms with Crippen LogP contribution >= 0.6 is 11.3 Å². The third-order valence-electron chi connectivity index (χ3n) is 25.3. The fourth-order valence-corrected chi connectivity index (χ4v) is 20.3. The number of aromatic nitrogens is 10. The number of benzene rings is 18. The highest BCUT2D eigenvalue weighted by molar-refractivity contribution is 7.26. The van der Waals surface area contributed by atoms with Crippen molar-refractivity contribution in [3.8, 4) is 73.9 Å². The van der Waals surface area contributed by atoms with Crippen LogP contribution in [0, 0.1) is 0 Å². The SMILES string of the molecule is c1ccc(-c2ccc(-c3nc(-n4c5ccccc5c5cc6ccccc6cc54)c4oc5ccccc5c4n3)cc2)cc1.c1ccc2cc3c(cc2c1)c1ccccc1n3-c1nc(-c2ccc(-c3ccncc3)cc2)nc2c1sc1ccccc12.c1ccc2cc3c(cc2c1)c1ccccc1n3-c1nc(-c2ccc3ccc4ccccc4c3c2)nc2c1oc1ccccc12. The lowest BCUT2D eigenvalue weighted by atomic mass is 10.00. The standard InChI is InChI=1S/C40H23N3O.C38H23N3O.C37H22N4S/c1-2-11-27-23-35-33(21-26(27)10-1)30-13-5-7-15-34(30)43(35)40-38-37(31-14-6-8-16-36(31)44-38)41-39(42-40)28-20-19-25-18-17-24-9-3-4-12-29(24)32(25)22-28;1-2-10-24(11-3-1)25-18-20-26(21-19-25)37-39-35-30-15-7-9-17-34(30)42-36(35)38(40-37)41-32-16-8-6-14-29(32)31-22-27-12-4-5-13-28(27)23-33(31)41;1-2-8-27-22-32-30(21-26(27)7-1)28-9-3-5-11-31(28)41(32)37-35-34(29-10-4-6-12-33(29)42-35)39-36(40-37)25-15-13-23(14-16-25)24-17-19-38-20-18-24/h1-23H;1-23H;1-22H. The van der Waals surface area contributed by atoms with E-state index in [1.807, 2.05) is 67.0 Å². The van der Waals surface area contributed by atoms with E-state index in [4.69, 9.17) is 38.7 Å². The van der Waals surface area contributed by atoms with Crippen LogP contribution < -0.4 is 0 Å². The molecule has 18 aromatic carbocycles. The first-order valence-corrected chi connectivity index (χ1v) is 43.7. The molecule has 596 valence electrons. The summed E-state index contributed by atoms with van der Waals surface area (Å²) in [6.07, 6.45) is 3.65. The fraction of sp³-hybridized carbons (Fsp3) is 0. The largest absolute Gasteiger partial charge is 0.450 e. The molecule has 0 unspecified atom stereocenters. The molecule has 0 spiro atoms. The maximum absolute atomic E-state index is 6.57. The number of pyridine rings is 1. The second-order valence-electron chi connectivity index (χ2n) is 32.6. The zero-order chi connectivity index (χ0) is 84.0. The van der Waals surface area contributed by atoms with Crippen molar-refractivity contribution >= 4 is 195 Å². The summed E-state index contributed by atoms with van der Waals surface area (Å²) in [7, 11) is 0. The van der Waals surface area contributed by atoms with Gasteiger partial charge in [-0.3, -0.25) is 18.7 Å². The van der Waals surface area contributed by atoms with Gasteiger partial charge in [0.2, 0.25) is 0 Å². The molecule has 10 aromatic heterocycles. The van der Waals surface area contributed by atoms with Crippen molar-refractivity contribution in [1.82, 2.24) is 48.6 Å². The molecule has 0 atom stereocenters. The van der Waals surface area contributed by atoms with Gasteiger partial charge in [-0.1, -0.05) is 297 Å². The number of fused-ring (bicyclic) bond motifs is 24. The normalized spacial score (nSPS) is 11.9. The number of furan rings is 2. The summed E-state index contributed by atoms with van der Waals surface area (Å²) in [6.45, 7) is 0. The van der Waals surface area contributed by atoms with Gasteiger partial charge in [-0.05, 0) is 179 Å². The molecule has 0 aliphatic rings. The van der Waals surface area contributed by atoms with Crippen LogP contribution in [0.2, 0.25) is 0 Å². The lowest BCUT2D eigenvalue weighted by Crippen LogP contribution is -2.02. The van der Waals surface area contributed by atoms with Crippen LogP contribution in [0.4, 0.5) is 0 Å². The third kappa shape index (κ3) is 11.9. The second-order valence-corrected chi connectivity index (χ2v) is 33.7. The number of rotatable bonds is 8. The predicted molar refractivity (Wildman–Crippen MR) is 529 cm³/mol. The Morgan fingerprint density at radius 3 is 1.03 bits per heavy atom. The molecule has 0 bridgehead atoms. The van der Waals surface area contributed by atoms with E-state index in [0.29, 0.717) is 28.6 Å². The van der Waals surface area contributed by atoms with Crippen molar-refractivity contribution in [3.63, 3.8) is 0 Å². The fourth-order valence-electron chi connectivity index (χ4n) is 19.2. The number of nitrogens with zero attached hydrogens (tertiary/aromatic N) is 10. The minimum Gasteiger partial charge on any atom is -0.450 e. The first-order chi connectivity index (χ1) is 63.4. The van der Waals surface area contributed by atoms with Crippen molar-refractivity contribution in [2.45, 2.75) is 0 Å². The minimum absolute atomic E-state index is 0.662. The molecule has 28 aromatic rings. The van der Waals surface area contributed by atoms with E-state index in [-0.39, 0.29) is 0 Å². The van der Waals surface area contributed by atoms with Gasteiger partial charge in [-0.25, -0.2) is 29.9 Å². The van der Waals surface area contributed by atoms with Crippen molar-refractivity contribution in [2.24, 2.45) is 0 Å². The highest BCUT2D eigenvalue weighted by Crippen LogP contribution is 2.46. The molecule has 0 aliphatic heterocycles. The average molecular weight is 1650 g/mol. The summed E-state index contributed by atoms with van der Waals surface area (Å²) >= 11 is 1.76. The Balaban J connectivity index is 0.000000102. The smallest absolute Gasteiger partial charge is 0.197 e. The molecule has 13 heteroatoms. The van der Waals surface area contributed by atoms with Gasteiger partial charge >= 0.3 is 0 Å². The molecule has 0 fully saturated rings. The Hall–Kier alpha value is -17.1. The maximum atomic E-state index is 6.57. The predicted octanol–water partition coefficient (Wildman–Crippen LogP) is 30.4. The molecule has 0 saturated carbocycles. The molecule has 10 heterocycles. The van der Waals surface area contributed by atoms with Crippen molar-refractivity contribution in [3.05, 3.63) is 413 Å². The molecule has 0 N–H and O–H groups in total. The molecular weight excluding hydrogens is 1590 g/mol. The van der Waals surface area contributed by atoms with Crippen LogP contribution in [0.1, 0.15) is 0 Å². The Kier molecular flexibility index (Phi) is 16.6. The van der Waals surface area contributed by atoms with Gasteiger partial charge in [-0.15, -0.1) is 11.3 Å². The van der Waals surface area contributed by atoms with Crippen molar-refractivity contribution in [1.29, 1.82) is 0 Å². The molecule has 28 rings (SSSR count). The zero-order valence-corrected chi connectivity index (χ0v) is 69.3. The van der Waals surface area contributed by atoms with Gasteiger partial charge in [0.25, 0.3) is 0 Å². The summed E-state index contributed by atoms with van der Waals surface area (Å²) in [5, 5.41) is 22.3. The lowest BCUT2D eigenvalue weighted by Gasteiger charge is -2.11. The molecule has 12 nitrogen and oxygen atoms in total. The van der Waals surface area contributed by atoms with E-state index < -0.39 is 0 Å². The highest BCUT2D eigenvalue weighted by Gasteiger charge is 2.27. The number of hydrogen-bond acceptors (Lipinski definition) is 10. The van der Waals surface area contributed by atoms with Gasteiger partial charge < -0.3 is 8.83 Å². The molecular formula is C115H68N10O2S. The zero-order valence-electron chi connectivity index (χ0n) is 68.5. The highest BCUT2D eigenvalue weighted by atomic mass is 32.1. The molecule has 0 saturated heterocycles. The monoisotopic (exact) mass is 1650 g/mol. The van der Waals surface area contributed by atoms with Crippen LogP contribution in [-0.2, 0) is 0 Å². The second kappa shape index (κ2) is 29.3. The van der Waals surface area contributed by atoms with Crippen LogP contribution in [0.3, 0.4) is 0 Å². The molecule has 128 heavy (non-hydrogen) atoms. The van der Waals surface area contributed by atoms with E-state index in [1.165, 1.54) is 96.4 Å². The number of thiophene rings is 1. The van der Waals surface area contributed by atoms with E-state index in [1.54, 1.807) is 11.3 Å². The summed E-state index contributed by atoms with van der Waals surface area (Å²) in [5.41, 5.74) is 19.7. The minimum atomic E-state index is 0.662. The van der Waals surface area contributed by atoms with E-state index in [2.05, 4.69) is 364 Å². The van der Waals surface area contributed by atoms with Crippen LogP contribution in [0.5, 0.6) is 0 Å². The Morgan fingerprint density at radius 1 is 0.203 bits per heavy atom. The topological polar surface area (TPSA) is 131 Å². The summed E-state index contributed by atoms with van der Waals surface area (Å²) in [6, 6.07) is 141. The van der Waals surface area contributed by atoms with Crippen LogP contribution in [0.25, 0.3) is 258 Å². The first-order valence-electron chi connectivity index (χ1n) is 42.9. The Morgan fingerprint density at radius 2 is 0.539 bits per heavy atom. The van der Waals surface area contributed by atoms with Crippen molar-refractivity contribution < 1.29 is 8.83 Å². The lowest BCUT2D eigenvalue weighted by molar-refractivity contribution is 0.662. The average Bonchev–Trinajstić information content (AvgIpc) is 1.57. The molecule has 0 aliphatic carbocycles. The Labute approximate surface area is 734 Å². The summed E-state index contributed by atoms with van der Waals surface area (Å²) < 4.78 is 22.2. The van der Waals surface area contributed by atoms with Gasteiger partial charge in [0, 0.05) is 82.3 Å². The number of para-hydroxylation sites is 5. The van der Waals surface area contributed by atoms with E-state index >= 15 is 0 Å². The van der Waals surface area contributed by atoms with E-state index in [9.17, 15) is 0 Å². The van der Waals surface area contributed by atoms with Crippen molar-refractivity contribution in [2.75, 3.05) is 0 Å². The first kappa shape index (κ1) is 72.5. The van der Waals surface area contributed by atoms with Crippen LogP contribution in [0.15, 0.2) is 422 Å². The van der Waals surface area contributed by atoms with Gasteiger partial charge in [0.05, 0.1) is 43.3 Å². The molecule has 0 radical (unpaired) electrons. The van der Waals surface area contributed by atoms with Gasteiger partial charge in [0.1, 0.15) is 22.2 Å². The van der Waals surface area contributed by atoms with Gasteiger partial charge in [-0.2, -0.15) is 0 Å². The third-order valence-corrected chi connectivity index (χ3v) is 26.4. The number of hydrogen-bond donors (Lipinski definition) is 0. The van der Waals surface area contributed by atoms with E-state index in [0.717, 1.165) is 133 Å².